The van der Waals surface area contributed by atoms with Crippen molar-refractivity contribution >= 4 is 34.5 Å². The van der Waals surface area contributed by atoms with E-state index in [2.05, 4.69) is 20.3 Å². The molecule has 0 saturated carbocycles. The number of rotatable bonds is 7. The second kappa shape index (κ2) is 12.2. The van der Waals surface area contributed by atoms with Gasteiger partial charge in [0.1, 0.15) is 23.7 Å². The summed E-state index contributed by atoms with van der Waals surface area (Å²) in [5.41, 5.74) is 7.23. The Labute approximate surface area is 245 Å². The molecule has 3 N–H and O–H groups in total. The van der Waals surface area contributed by atoms with Crippen LogP contribution in [0.5, 0.6) is 0 Å². The molecule has 0 spiro atoms. The molecular weight excluding hydrogens is 563 g/mol. The number of fused-ring (bicyclic) bond motifs is 1. The molecule has 4 aromatic rings. The fourth-order valence-corrected chi connectivity index (χ4v) is 4.92. The number of nitrogen functional groups attached to an aromatic ring is 1. The van der Waals surface area contributed by atoms with Crippen LogP contribution in [-0.4, -0.2) is 80.1 Å². The van der Waals surface area contributed by atoms with Gasteiger partial charge in [-0.25, -0.2) is 19.6 Å². The van der Waals surface area contributed by atoms with Crippen LogP contribution in [0.3, 0.4) is 0 Å². The monoisotopic (exact) mass is 593 g/mol. The third kappa shape index (κ3) is 6.64. The second-order valence-electron chi connectivity index (χ2n) is 10.5. The molecule has 1 aliphatic heterocycles. The van der Waals surface area contributed by atoms with Crippen molar-refractivity contribution in [2.75, 3.05) is 44.8 Å². The molecule has 0 bridgehead atoms. The molecule has 1 saturated heterocycles. The molecule has 5 rings (SSSR count). The number of alkyl halides is 3. The molecule has 1 aliphatic rings. The zero-order valence-electron chi connectivity index (χ0n) is 23.5. The number of likely N-dealkylation sites (N-methyl/N-ethyl adjacent to an activating group) is 1. The minimum atomic E-state index is -4.56. The minimum absolute atomic E-state index is 0.0634. The van der Waals surface area contributed by atoms with Gasteiger partial charge in [-0.2, -0.15) is 18.3 Å². The lowest BCUT2D eigenvalue weighted by Gasteiger charge is -2.32. The Kier molecular flexibility index (Phi) is 8.39. The van der Waals surface area contributed by atoms with E-state index in [9.17, 15) is 22.8 Å². The van der Waals surface area contributed by atoms with E-state index in [0.29, 0.717) is 41.9 Å². The highest BCUT2D eigenvalue weighted by molar-refractivity contribution is 6.04. The number of hydrogen-bond acceptors (Lipinski definition) is 8. The fraction of sp³-hybridized carbons (Fsp3) is 0.310. The average molecular weight is 594 g/mol. The van der Waals surface area contributed by atoms with Gasteiger partial charge < -0.3 is 20.9 Å². The van der Waals surface area contributed by atoms with E-state index >= 15 is 0 Å². The van der Waals surface area contributed by atoms with Crippen LogP contribution in [0.2, 0.25) is 0 Å². The highest BCUT2D eigenvalue weighted by Gasteiger charge is 2.31. The first-order valence-corrected chi connectivity index (χ1v) is 13.5. The molecule has 4 heterocycles. The lowest BCUT2D eigenvalue weighted by Crippen LogP contribution is -2.40. The van der Waals surface area contributed by atoms with E-state index in [0.717, 1.165) is 31.2 Å². The minimum Gasteiger partial charge on any atom is -0.383 e. The summed E-state index contributed by atoms with van der Waals surface area (Å²) in [6.07, 6.45) is 2.80. The summed E-state index contributed by atoms with van der Waals surface area (Å²) in [4.78, 5) is 41.7. The Balaban J connectivity index is 1.39. The highest BCUT2D eigenvalue weighted by atomic mass is 19.4. The molecule has 1 atom stereocenters. The lowest BCUT2D eigenvalue weighted by atomic mass is 10.1. The van der Waals surface area contributed by atoms with Gasteiger partial charge >= 0.3 is 6.18 Å². The molecule has 0 radical (unpaired) electrons. The van der Waals surface area contributed by atoms with Crippen molar-refractivity contribution in [2.24, 2.45) is 0 Å². The number of nitrogens with one attached hydrogen (secondary N) is 1. The second-order valence-corrected chi connectivity index (χ2v) is 10.5. The molecule has 1 unspecified atom stereocenters. The maximum atomic E-state index is 13.0. The molecular formula is C29H30F3N9O2. The number of pyridine rings is 1. The van der Waals surface area contributed by atoms with Crippen LogP contribution in [0.25, 0.3) is 22.3 Å². The van der Waals surface area contributed by atoms with E-state index in [-0.39, 0.29) is 29.1 Å². The molecule has 3 aromatic heterocycles. The summed E-state index contributed by atoms with van der Waals surface area (Å²) >= 11 is 0. The van der Waals surface area contributed by atoms with Crippen molar-refractivity contribution in [1.82, 2.24) is 34.5 Å². The predicted molar refractivity (Wildman–Crippen MR) is 155 cm³/mol. The van der Waals surface area contributed by atoms with Gasteiger partial charge in [0, 0.05) is 43.0 Å². The van der Waals surface area contributed by atoms with E-state index < -0.39 is 17.6 Å². The zero-order valence-corrected chi connectivity index (χ0v) is 23.5. The summed E-state index contributed by atoms with van der Waals surface area (Å²) in [6, 6.07) is 7.85. The number of carbonyl (C=O) groups excluding carboxylic acids is 2. The summed E-state index contributed by atoms with van der Waals surface area (Å²) in [6.45, 7) is 1.76. The normalized spacial score (nSPS) is 15.9. The SMILES string of the molecule is CN(C)CC=CC(=O)N1CCCC(n2nc(-c3ccc(C(=O)Nc4cc(C(F)(F)F)ccn4)cc3)c3c(N)ncnc32)C1. The summed E-state index contributed by atoms with van der Waals surface area (Å²) in [5, 5.41) is 7.79. The molecule has 1 fully saturated rings. The maximum absolute atomic E-state index is 13.0. The summed E-state index contributed by atoms with van der Waals surface area (Å²) in [5.74, 6) is -0.666. The first-order valence-electron chi connectivity index (χ1n) is 13.5. The maximum Gasteiger partial charge on any atom is 0.416 e. The van der Waals surface area contributed by atoms with Crippen molar-refractivity contribution in [2.45, 2.75) is 25.1 Å². The van der Waals surface area contributed by atoms with Crippen molar-refractivity contribution in [1.29, 1.82) is 0 Å². The van der Waals surface area contributed by atoms with E-state index in [1.54, 1.807) is 27.8 Å². The lowest BCUT2D eigenvalue weighted by molar-refractivity contribution is -0.137. The molecule has 14 heteroatoms. The van der Waals surface area contributed by atoms with Gasteiger partial charge in [0.25, 0.3) is 5.91 Å². The Bertz CT molecular complexity index is 1670. The van der Waals surface area contributed by atoms with Gasteiger partial charge in [-0.1, -0.05) is 18.2 Å². The fourth-order valence-electron chi connectivity index (χ4n) is 4.92. The largest absolute Gasteiger partial charge is 0.416 e. The Morgan fingerprint density at radius 3 is 2.63 bits per heavy atom. The van der Waals surface area contributed by atoms with Crippen LogP contribution in [0.15, 0.2) is 61.1 Å². The van der Waals surface area contributed by atoms with Crippen LogP contribution in [0, 0.1) is 0 Å². The first-order chi connectivity index (χ1) is 20.5. The molecule has 224 valence electrons. The molecule has 1 aromatic carbocycles. The number of nitrogens with two attached hydrogens (primary N) is 1. The number of anilines is 2. The van der Waals surface area contributed by atoms with Gasteiger partial charge in [-0.15, -0.1) is 0 Å². The number of halogens is 3. The molecule has 11 nitrogen and oxygen atoms in total. The number of aromatic nitrogens is 5. The Hall–Kier alpha value is -4.85. The van der Waals surface area contributed by atoms with Gasteiger partial charge in [0.15, 0.2) is 5.65 Å². The summed E-state index contributed by atoms with van der Waals surface area (Å²) < 4.78 is 40.9. The predicted octanol–water partition coefficient (Wildman–Crippen LogP) is 4.02. The zero-order chi connectivity index (χ0) is 30.7. The van der Waals surface area contributed by atoms with Crippen molar-refractivity contribution < 1.29 is 22.8 Å². The van der Waals surface area contributed by atoms with Crippen LogP contribution in [0.1, 0.15) is 34.8 Å². The van der Waals surface area contributed by atoms with Gasteiger partial charge in [0.05, 0.1) is 17.0 Å². The first kappa shape index (κ1) is 29.6. The Morgan fingerprint density at radius 2 is 1.91 bits per heavy atom. The smallest absolute Gasteiger partial charge is 0.383 e. The van der Waals surface area contributed by atoms with Crippen LogP contribution in [-0.2, 0) is 11.0 Å². The average Bonchev–Trinajstić information content (AvgIpc) is 3.38. The van der Waals surface area contributed by atoms with E-state index in [1.807, 2.05) is 25.1 Å². The van der Waals surface area contributed by atoms with Crippen molar-refractivity contribution in [3.63, 3.8) is 0 Å². The van der Waals surface area contributed by atoms with E-state index in [1.165, 1.54) is 18.5 Å². The van der Waals surface area contributed by atoms with Gasteiger partial charge in [-0.3, -0.25) is 9.59 Å². The molecule has 43 heavy (non-hydrogen) atoms. The topological polar surface area (TPSA) is 135 Å². The number of benzene rings is 1. The molecule has 0 aliphatic carbocycles. The quantitative estimate of drug-likeness (QED) is 0.307. The number of carbonyl (C=O) groups is 2. The van der Waals surface area contributed by atoms with Crippen molar-refractivity contribution in [3.8, 4) is 11.3 Å². The third-order valence-electron chi connectivity index (χ3n) is 7.05. The van der Waals surface area contributed by atoms with E-state index in [4.69, 9.17) is 10.8 Å². The Morgan fingerprint density at radius 1 is 1.14 bits per heavy atom. The number of hydrogen-bond donors (Lipinski definition) is 2. The van der Waals surface area contributed by atoms with Crippen LogP contribution >= 0.6 is 0 Å². The number of nitrogens with zero attached hydrogens (tertiary/aromatic N) is 7. The third-order valence-corrected chi connectivity index (χ3v) is 7.05. The summed E-state index contributed by atoms with van der Waals surface area (Å²) in [7, 11) is 3.86. The number of piperidine rings is 1. The highest BCUT2D eigenvalue weighted by Crippen LogP contribution is 2.34. The van der Waals surface area contributed by atoms with Crippen molar-refractivity contribution in [3.05, 3.63) is 72.2 Å². The van der Waals surface area contributed by atoms with Gasteiger partial charge in [-0.05, 0) is 51.2 Å². The standard InChI is InChI=1S/C29H30F3N9O2/c1-39(2)13-4-6-23(42)40-14-3-5-21(16-40)41-27-24(26(33)35-17-36-27)25(38-41)18-7-9-19(10-8-18)28(43)37-22-15-20(11-12-34-22)29(30,31)32/h4,6-12,15,17,21H,3,5,13-14,16H2,1-2H3,(H2,33,35,36)(H,34,37,43). The van der Waals surface area contributed by atoms with Crippen LogP contribution in [0.4, 0.5) is 24.8 Å². The van der Waals surface area contributed by atoms with Gasteiger partial charge in [0.2, 0.25) is 5.91 Å². The number of likely N-dealkylation sites (tertiary alicyclic amines) is 1. The number of amides is 2. The van der Waals surface area contributed by atoms with Crippen LogP contribution < -0.4 is 11.1 Å². The molecule has 2 amide bonds.